The van der Waals surface area contributed by atoms with Gasteiger partial charge < -0.3 is 33.3 Å². The number of hydrogen-bond donors (Lipinski definition) is 0. The Balaban J connectivity index is 3.97. The third kappa shape index (κ3) is 68.2. The van der Waals surface area contributed by atoms with E-state index < -0.39 is 24.3 Å². The SMILES string of the molecule is CC/C=C\C/C=C\C/C=C\C/C=C\C/C=C\C/C=C\CCCCCCCCCCCCCCCCCCCCCCCCC(=O)OC(COC(=O)CCCCCCCCCCCCCCCCCCCCCC)COC(OCC[N+](C)(C)C)C(=O)[O-]. The van der Waals surface area contributed by atoms with Gasteiger partial charge in [0.05, 0.1) is 40.3 Å². The number of carbonyl (C=O) groups is 3. The highest BCUT2D eigenvalue weighted by Gasteiger charge is 2.22. The van der Waals surface area contributed by atoms with Crippen molar-refractivity contribution < 1.29 is 42.9 Å². The molecule has 0 saturated carbocycles. The first-order valence-corrected chi connectivity index (χ1v) is 36.6. The van der Waals surface area contributed by atoms with Crippen LogP contribution in [-0.2, 0) is 33.3 Å². The Labute approximate surface area is 532 Å². The lowest BCUT2D eigenvalue weighted by molar-refractivity contribution is -0.870. The van der Waals surface area contributed by atoms with E-state index in [1.54, 1.807) is 0 Å². The quantitative estimate of drug-likeness (QED) is 0.0195. The third-order valence-corrected chi connectivity index (χ3v) is 16.2. The maximum atomic E-state index is 12.9. The van der Waals surface area contributed by atoms with Gasteiger partial charge in [-0.25, -0.2) is 0 Å². The van der Waals surface area contributed by atoms with Gasteiger partial charge in [-0.15, -0.1) is 0 Å². The number of quaternary nitrogens is 1. The van der Waals surface area contributed by atoms with Crippen LogP contribution < -0.4 is 5.11 Å². The van der Waals surface area contributed by atoms with Crippen molar-refractivity contribution in [1.29, 1.82) is 0 Å². The largest absolute Gasteiger partial charge is 0.545 e. The Morgan fingerprint density at radius 1 is 0.360 bits per heavy atom. The number of esters is 2. The molecule has 2 atom stereocenters. The van der Waals surface area contributed by atoms with Crippen molar-refractivity contribution in [3.05, 3.63) is 72.9 Å². The first-order valence-electron chi connectivity index (χ1n) is 36.6. The second-order valence-electron chi connectivity index (χ2n) is 25.9. The first-order chi connectivity index (χ1) is 42.1. The van der Waals surface area contributed by atoms with Crippen LogP contribution in [0.4, 0.5) is 0 Å². The van der Waals surface area contributed by atoms with Gasteiger partial charge in [0.1, 0.15) is 13.2 Å². The van der Waals surface area contributed by atoms with Crippen molar-refractivity contribution in [2.45, 2.75) is 354 Å². The van der Waals surface area contributed by atoms with Gasteiger partial charge in [0.15, 0.2) is 12.4 Å². The normalized spacial score (nSPS) is 13.1. The lowest BCUT2D eigenvalue weighted by Gasteiger charge is -2.26. The van der Waals surface area contributed by atoms with Crippen molar-refractivity contribution in [2.24, 2.45) is 0 Å². The minimum absolute atomic E-state index is 0.150. The molecule has 0 amide bonds. The number of rotatable bonds is 68. The highest BCUT2D eigenvalue weighted by molar-refractivity contribution is 5.70. The minimum Gasteiger partial charge on any atom is -0.545 e. The molecule has 0 fully saturated rings. The van der Waals surface area contributed by atoms with E-state index in [4.69, 9.17) is 18.9 Å². The molecule has 0 aromatic rings. The van der Waals surface area contributed by atoms with Crippen molar-refractivity contribution in [3.8, 4) is 0 Å². The van der Waals surface area contributed by atoms with Gasteiger partial charge in [0, 0.05) is 12.8 Å². The molecule has 0 bridgehead atoms. The van der Waals surface area contributed by atoms with Crippen LogP contribution in [0, 0.1) is 0 Å². The van der Waals surface area contributed by atoms with Gasteiger partial charge in [-0.1, -0.05) is 337 Å². The molecule has 500 valence electrons. The fourth-order valence-electron chi connectivity index (χ4n) is 10.7. The highest BCUT2D eigenvalue weighted by Crippen LogP contribution is 2.19. The van der Waals surface area contributed by atoms with E-state index in [-0.39, 0.29) is 32.2 Å². The van der Waals surface area contributed by atoms with Crippen LogP contribution in [0.3, 0.4) is 0 Å². The van der Waals surface area contributed by atoms with E-state index in [0.717, 1.165) is 77.0 Å². The van der Waals surface area contributed by atoms with Crippen LogP contribution >= 0.6 is 0 Å². The minimum atomic E-state index is -1.62. The van der Waals surface area contributed by atoms with Gasteiger partial charge >= 0.3 is 11.9 Å². The summed E-state index contributed by atoms with van der Waals surface area (Å²) in [5.74, 6) is -2.26. The average Bonchev–Trinajstić information content (AvgIpc) is 3.63. The van der Waals surface area contributed by atoms with Crippen LogP contribution in [0.15, 0.2) is 72.9 Å². The van der Waals surface area contributed by atoms with E-state index in [1.165, 1.54) is 238 Å². The fraction of sp³-hybridized carbons (Fsp3) is 0.805. The Bertz CT molecular complexity index is 1640. The summed E-state index contributed by atoms with van der Waals surface area (Å²) in [7, 11) is 5.94. The summed E-state index contributed by atoms with van der Waals surface area (Å²) in [5.41, 5.74) is 0. The zero-order valence-corrected chi connectivity index (χ0v) is 57.2. The van der Waals surface area contributed by atoms with Crippen LogP contribution in [0.2, 0.25) is 0 Å². The molecular formula is C77H139NO8. The molecule has 9 nitrogen and oxygen atoms in total. The molecule has 0 N–H and O–H groups in total. The predicted molar refractivity (Wildman–Crippen MR) is 366 cm³/mol. The van der Waals surface area contributed by atoms with E-state index >= 15 is 0 Å². The number of carboxylic acids is 1. The summed E-state index contributed by atoms with van der Waals surface area (Å²) in [6.45, 7) is 4.69. The average molecular weight is 1210 g/mol. The third-order valence-electron chi connectivity index (χ3n) is 16.2. The smallest absolute Gasteiger partial charge is 0.306 e. The van der Waals surface area contributed by atoms with E-state index in [0.29, 0.717) is 17.4 Å². The second-order valence-corrected chi connectivity index (χ2v) is 25.9. The summed E-state index contributed by atoms with van der Waals surface area (Å²) >= 11 is 0. The number of unbranched alkanes of at least 4 members (excludes halogenated alkanes) is 41. The number of ether oxygens (including phenoxy) is 4. The molecule has 0 radical (unpaired) electrons. The summed E-state index contributed by atoms with van der Waals surface area (Å²) < 4.78 is 22.8. The van der Waals surface area contributed by atoms with Gasteiger partial charge in [0.2, 0.25) is 0 Å². The Hall–Kier alpha value is -3.27. The first kappa shape index (κ1) is 82.7. The van der Waals surface area contributed by atoms with Gasteiger partial charge in [0.25, 0.3) is 0 Å². The summed E-state index contributed by atoms with van der Waals surface area (Å²) in [4.78, 5) is 37.5. The molecule has 0 aromatic carbocycles. The fourth-order valence-corrected chi connectivity index (χ4v) is 10.7. The lowest BCUT2D eigenvalue weighted by atomic mass is 10.0. The van der Waals surface area contributed by atoms with E-state index in [2.05, 4.69) is 86.8 Å². The molecule has 0 aliphatic carbocycles. The molecule has 9 heteroatoms. The summed E-state index contributed by atoms with van der Waals surface area (Å²) in [6.07, 6.45) is 87.2. The van der Waals surface area contributed by atoms with Crippen molar-refractivity contribution in [3.63, 3.8) is 0 Å². The number of allylic oxidation sites excluding steroid dienone is 12. The topological polar surface area (TPSA) is 111 Å². The second kappa shape index (κ2) is 67.7. The van der Waals surface area contributed by atoms with Crippen LogP contribution in [-0.4, -0.2) is 82.3 Å². The molecular weight excluding hydrogens is 1070 g/mol. The number of carboxylic acid groups (broad SMARTS) is 1. The highest BCUT2D eigenvalue weighted by atomic mass is 16.7. The predicted octanol–water partition coefficient (Wildman–Crippen LogP) is 21.5. The lowest BCUT2D eigenvalue weighted by Crippen LogP contribution is -2.44. The van der Waals surface area contributed by atoms with E-state index in [9.17, 15) is 19.5 Å². The molecule has 0 saturated heterocycles. The molecule has 0 aliphatic rings. The molecule has 0 heterocycles. The molecule has 0 aromatic heterocycles. The summed E-state index contributed by atoms with van der Waals surface area (Å²) in [5, 5.41) is 11.8. The zero-order valence-electron chi connectivity index (χ0n) is 57.2. The number of likely N-dealkylation sites (N-methyl/N-ethyl adjacent to an activating group) is 1. The Morgan fingerprint density at radius 2 is 0.663 bits per heavy atom. The number of carbonyl (C=O) groups excluding carboxylic acids is 3. The summed E-state index contributed by atoms with van der Waals surface area (Å²) in [6, 6.07) is 0. The maximum Gasteiger partial charge on any atom is 0.306 e. The van der Waals surface area contributed by atoms with Crippen LogP contribution in [0.5, 0.6) is 0 Å². The van der Waals surface area contributed by atoms with Crippen LogP contribution in [0.1, 0.15) is 341 Å². The van der Waals surface area contributed by atoms with Crippen molar-refractivity contribution >= 4 is 17.9 Å². The van der Waals surface area contributed by atoms with Crippen molar-refractivity contribution in [2.75, 3.05) is 47.5 Å². The van der Waals surface area contributed by atoms with E-state index in [1.807, 2.05) is 21.1 Å². The monoisotopic (exact) mass is 1210 g/mol. The zero-order chi connectivity index (χ0) is 62.6. The van der Waals surface area contributed by atoms with Gasteiger partial charge in [-0.2, -0.15) is 0 Å². The number of hydrogen-bond acceptors (Lipinski definition) is 8. The molecule has 86 heavy (non-hydrogen) atoms. The number of aliphatic carboxylic acids is 1. The molecule has 0 aliphatic heterocycles. The number of nitrogens with zero attached hydrogens (tertiary/aromatic N) is 1. The Kier molecular flexibility index (Phi) is 65.1. The van der Waals surface area contributed by atoms with Gasteiger partial charge in [-0.3, -0.25) is 9.59 Å². The molecule has 2 unspecified atom stereocenters. The van der Waals surface area contributed by atoms with Crippen molar-refractivity contribution in [1.82, 2.24) is 0 Å². The van der Waals surface area contributed by atoms with Gasteiger partial charge in [-0.05, 0) is 64.2 Å². The molecule has 0 rings (SSSR count). The standard InChI is InChI=1S/C77H139NO8/c1-6-8-10-12-14-16-18-20-22-24-26-28-29-30-31-32-33-34-35-36-37-38-39-40-41-42-43-44-45-46-47-48-50-52-54-56-58-60-62-64-66-68-75(80)86-73(72-85-77(76(81)82)83-70-69-78(3,4)5)71-84-74(79)67-65-63-61-59-57-55-53-51-49-27-25-23-21-19-17-15-13-11-9-7-2/h8,10,14,16,20,22,26,28,30-31,33-34,73,77H,6-7,9,11-13,15,17-19,21,23-25,27,29,32,35-72H2,1-5H3/b10-8-,16-14-,22-20-,28-26-,31-30-,34-33-. The Morgan fingerprint density at radius 3 is 0.988 bits per heavy atom. The maximum absolute atomic E-state index is 12.9. The van der Waals surface area contributed by atoms with Crippen LogP contribution in [0.25, 0.3) is 0 Å². The molecule has 0 spiro atoms.